The van der Waals surface area contributed by atoms with Gasteiger partial charge in [0.05, 0.1) is 18.9 Å². The number of benzene rings is 2. The Balaban J connectivity index is 1.58. The van der Waals surface area contributed by atoms with Crippen molar-refractivity contribution in [3.05, 3.63) is 71.0 Å². The van der Waals surface area contributed by atoms with Gasteiger partial charge in [-0.3, -0.25) is 4.79 Å². The molecule has 0 fully saturated rings. The molecule has 9 heteroatoms. The van der Waals surface area contributed by atoms with Gasteiger partial charge in [-0.2, -0.15) is 0 Å². The first-order valence-corrected chi connectivity index (χ1v) is 8.66. The molecule has 3 rings (SSSR count). The van der Waals surface area contributed by atoms with E-state index in [-0.39, 0.29) is 6.54 Å². The van der Waals surface area contributed by atoms with Crippen molar-refractivity contribution in [1.82, 2.24) is 4.98 Å². The monoisotopic (exact) mass is 410 g/mol. The van der Waals surface area contributed by atoms with Crippen molar-refractivity contribution >= 4 is 23.2 Å². The van der Waals surface area contributed by atoms with Gasteiger partial charge in [0, 0.05) is 10.6 Å². The summed E-state index contributed by atoms with van der Waals surface area (Å²) in [5.41, 5.74) is 0.394. The minimum atomic E-state index is -1.63. The molecule has 1 unspecified atom stereocenters. The SMILES string of the molecule is C[NH+](CC(=O)Nc1ccc(F)c(F)c1F)Cc1ncc(-c2ccc(Cl)cc2)o1. The van der Waals surface area contributed by atoms with Gasteiger partial charge in [0.15, 0.2) is 36.3 Å². The molecule has 0 aliphatic carbocycles. The summed E-state index contributed by atoms with van der Waals surface area (Å²) < 4.78 is 45.5. The highest BCUT2D eigenvalue weighted by atomic mass is 35.5. The summed E-state index contributed by atoms with van der Waals surface area (Å²) in [6.07, 6.45) is 1.57. The minimum absolute atomic E-state index is 0.0584. The van der Waals surface area contributed by atoms with Crippen LogP contribution in [0.3, 0.4) is 0 Å². The van der Waals surface area contributed by atoms with Crippen LogP contribution in [0, 0.1) is 17.5 Å². The number of halogens is 4. The number of nitrogens with zero attached hydrogens (tertiary/aromatic N) is 1. The zero-order chi connectivity index (χ0) is 20.3. The van der Waals surface area contributed by atoms with Gasteiger partial charge in [-0.15, -0.1) is 0 Å². The summed E-state index contributed by atoms with van der Waals surface area (Å²) in [4.78, 5) is 16.9. The summed E-state index contributed by atoms with van der Waals surface area (Å²) in [5.74, 6) is -3.98. The molecule has 1 aromatic heterocycles. The van der Waals surface area contributed by atoms with Crippen LogP contribution in [0.5, 0.6) is 0 Å². The first-order chi connectivity index (χ1) is 13.3. The Kier molecular flexibility index (Phi) is 6.01. The Labute approximate surface area is 163 Å². The second-order valence-corrected chi connectivity index (χ2v) is 6.64. The van der Waals surface area contributed by atoms with Crippen LogP contribution in [0.2, 0.25) is 5.02 Å². The fourth-order valence-electron chi connectivity index (χ4n) is 2.55. The first-order valence-electron chi connectivity index (χ1n) is 8.29. The van der Waals surface area contributed by atoms with Crippen molar-refractivity contribution in [2.45, 2.75) is 6.54 Å². The third-order valence-electron chi connectivity index (χ3n) is 3.91. The van der Waals surface area contributed by atoms with Crippen LogP contribution in [0.25, 0.3) is 11.3 Å². The zero-order valence-corrected chi connectivity index (χ0v) is 15.5. The van der Waals surface area contributed by atoms with Crippen LogP contribution >= 0.6 is 11.6 Å². The maximum Gasteiger partial charge on any atom is 0.279 e. The summed E-state index contributed by atoms with van der Waals surface area (Å²) in [5, 5.41) is 2.83. The van der Waals surface area contributed by atoms with Gasteiger partial charge in [-0.05, 0) is 36.4 Å². The molecule has 0 bridgehead atoms. The van der Waals surface area contributed by atoms with Crippen molar-refractivity contribution in [1.29, 1.82) is 0 Å². The average Bonchev–Trinajstić information content (AvgIpc) is 3.11. The van der Waals surface area contributed by atoms with E-state index in [1.54, 1.807) is 37.5 Å². The lowest BCUT2D eigenvalue weighted by Gasteiger charge is -2.12. The van der Waals surface area contributed by atoms with E-state index in [9.17, 15) is 18.0 Å². The predicted molar refractivity (Wildman–Crippen MR) is 97.4 cm³/mol. The molecule has 0 aliphatic heterocycles. The lowest BCUT2D eigenvalue weighted by atomic mass is 10.2. The quantitative estimate of drug-likeness (QED) is 0.614. The fraction of sp³-hybridized carbons (Fsp3) is 0.158. The molecule has 146 valence electrons. The lowest BCUT2D eigenvalue weighted by Crippen LogP contribution is -3.08. The number of oxazole rings is 1. The highest BCUT2D eigenvalue weighted by Gasteiger charge is 2.18. The van der Waals surface area contributed by atoms with Gasteiger partial charge >= 0.3 is 0 Å². The van der Waals surface area contributed by atoms with Crippen molar-refractivity contribution in [2.75, 3.05) is 18.9 Å². The normalized spacial score (nSPS) is 12.0. The van der Waals surface area contributed by atoms with E-state index in [0.29, 0.717) is 28.1 Å². The van der Waals surface area contributed by atoms with Crippen molar-refractivity contribution < 1.29 is 27.3 Å². The van der Waals surface area contributed by atoms with E-state index in [1.807, 2.05) is 0 Å². The van der Waals surface area contributed by atoms with Crippen LogP contribution in [-0.2, 0) is 11.3 Å². The maximum absolute atomic E-state index is 13.6. The predicted octanol–water partition coefficient (Wildman–Crippen LogP) is 3.07. The van der Waals surface area contributed by atoms with Crippen LogP contribution in [0.15, 0.2) is 47.0 Å². The zero-order valence-electron chi connectivity index (χ0n) is 14.7. The highest BCUT2D eigenvalue weighted by molar-refractivity contribution is 6.30. The molecular weight excluding hydrogens is 395 g/mol. The molecule has 0 saturated carbocycles. The Morgan fingerprint density at radius 1 is 1.14 bits per heavy atom. The molecule has 0 saturated heterocycles. The van der Waals surface area contributed by atoms with Gasteiger partial charge in [0.25, 0.3) is 11.8 Å². The number of hydrogen-bond donors (Lipinski definition) is 2. The average molecular weight is 411 g/mol. The molecule has 0 aliphatic rings. The first kappa shape index (κ1) is 19.9. The molecule has 1 atom stereocenters. The second kappa shape index (κ2) is 8.45. The van der Waals surface area contributed by atoms with Crippen LogP contribution in [0.4, 0.5) is 18.9 Å². The van der Waals surface area contributed by atoms with Gasteiger partial charge in [-0.25, -0.2) is 18.2 Å². The van der Waals surface area contributed by atoms with Gasteiger partial charge in [0.1, 0.15) is 0 Å². The number of amides is 1. The lowest BCUT2D eigenvalue weighted by molar-refractivity contribution is -0.886. The van der Waals surface area contributed by atoms with Gasteiger partial charge in [-0.1, -0.05) is 11.6 Å². The molecule has 28 heavy (non-hydrogen) atoms. The largest absolute Gasteiger partial charge is 0.435 e. The molecule has 1 amide bonds. The number of carbonyl (C=O) groups is 1. The molecule has 5 nitrogen and oxygen atoms in total. The number of hydrogen-bond acceptors (Lipinski definition) is 3. The van der Waals surface area contributed by atoms with Gasteiger partial charge in [0.2, 0.25) is 0 Å². The molecule has 2 aromatic carbocycles. The summed E-state index contributed by atoms with van der Waals surface area (Å²) in [6.45, 7) is 0.234. The fourth-order valence-corrected chi connectivity index (χ4v) is 2.68. The van der Waals surface area contributed by atoms with E-state index < -0.39 is 29.0 Å². The van der Waals surface area contributed by atoms with Crippen LogP contribution in [-0.4, -0.2) is 24.5 Å². The van der Waals surface area contributed by atoms with E-state index in [0.717, 1.165) is 17.7 Å². The van der Waals surface area contributed by atoms with Crippen molar-refractivity contribution in [3.8, 4) is 11.3 Å². The second-order valence-electron chi connectivity index (χ2n) is 6.21. The number of nitrogens with one attached hydrogen (secondary N) is 2. The maximum atomic E-state index is 13.6. The van der Waals surface area contributed by atoms with E-state index in [4.69, 9.17) is 16.0 Å². The molecule has 1 heterocycles. The van der Waals surface area contributed by atoms with Crippen LogP contribution in [0.1, 0.15) is 5.89 Å². The van der Waals surface area contributed by atoms with E-state index in [1.165, 1.54) is 0 Å². The Morgan fingerprint density at radius 3 is 2.57 bits per heavy atom. The Hall–Kier alpha value is -2.84. The third-order valence-corrected chi connectivity index (χ3v) is 4.16. The molecule has 3 aromatic rings. The summed E-state index contributed by atoms with van der Waals surface area (Å²) in [6, 6.07) is 8.78. The third kappa shape index (κ3) is 4.71. The Morgan fingerprint density at radius 2 is 1.86 bits per heavy atom. The number of carbonyl (C=O) groups excluding carboxylic acids is 1. The minimum Gasteiger partial charge on any atom is -0.435 e. The number of likely N-dealkylation sites (N-methyl/N-ethyl adjacent to an activating group) is 1. The smallest absolute Gasteiger partial charge is 0.279 e. The van der Waals surface area contributed by atoms with E-state index >= 15 is 0 Å². The van der Waals surface area contributed by atoms with Crippen molar-refractivity contribution in [3.63, 3.8) is 0 Å². The van der Waals surface area contributed by atoms with E-state index in [2.05, 4.69) is 10.3 Å². The molecule has 2 N–H and O–H groups in total. The van der Waals surface area contributed by atoms with Crippen molar-refractivity contribution in [2.24, 2.45) is 0 Å². The van der Waals surface area contributed by atoms with Gasteiger partial charge < -0.3 is 14.6 Å². The topological polar surface area (TPSA) is 59.6 Å². The summed E-state index contributed by atoms with van der Waals surface area (Å²) >= 11 is 5.86. The highest BCUT2D eigenvalue weighted by Crippen LogP contribution is 2.22. The number of rotatable bonds is 6. The summed E-state index contributed by atoms with van der Waals surface area (Å²) in [7, 11) is 1.72. The molecule has 0 spiro atoms. The molecule has 0 radical (unpaired) electrons. The number of aromatic nitrogens is 1. The Bertz CT molecular complexity index is 993. The number of quaternary nitrogens is 1. The van der Waals surface area contributed by atoms with Crippen LogP contribution < -0.4 is 10.2 Å². The molecular formula is C19H16ClF3N3O2+. The standard InChI is InChI=1S/C19H15ClF3N3O2/c1-26(9-16(27)25-14-7-6-13(21)18(22)19(14)23)10-17-24-8-15(28-17)11-2-4-12(20)5-3-11/h2-8H,9-10H2,1H3,(H,25,27)/p+1. The number of anilines is 1.